The molecule has 2 saturated heterocycles. The minimum Gasteiger partial charge on any atom is -0.872 e. The van der Waals surface area contributed by atoms with Crippen molar-refractivity contribution in [3.8, 4) is 11.5 Å². The van der Waals surface area contributed by atoms with E-state index in [4.69, 9.17) is 14.2 Å². The lowest BCUT2D eigenvalue weighted by Crippen LogP contribution is -3.14. The van der Waals surface area contributed by atoms with Crippen molar-refractivity contribution in [2.45, 2.75) is 6.04 Å². The molecule has 1 N–H and O–H groups in total. The van der Waals surface area contributed by atoms with Crippen LogP contribution in [-0.4, -0.2) is 75.2 Å². The summed E-state index contributed by atoms with van der Waals surface area (Å²) in [4.78, 5) is 32.9. The summed E-state index contributed by atoms with van der Waals surface area (Å²) in [6.45, 7) is 4.00. The average Bonchev–Trinajstić information content (AvgIpc) is 3.12. The zero-order valence-corrected chi connectivity index (χ0v) is 18.7. The summed E-state index contributed by atoms with van der Waals surface area (Å²) < 4.78 is 16.2. The van der Waals surface area contributed by atoms with Crippen LogP contribution < -0.4 is 19.5 Å². The highest BCUT2D eigenvalue weighted by Gasteiger charge is 2.44. The van der Waals surface area contributed by atoms with E-state index in [-0.39, 0.29) is 5.57 Å². The van der Waals surface area contributed by atoms with Crippen LogP contribution in [-0.2, 0) is 14.3 Å². The standard InChI is InChI=1S/C24H27N3O6/c1-31-18-4-3-17(15-19(18)32-2)21-20(22(28)16-5-7-25-8-6-16)23(29)24(30)27(21)10-9-26-11-13-33-14-12-26/h3-8,15,21,28H,9-14H2,1-2H3. The lowest BCUT2D eigenvalue weighted by Gasteiger charge is -2.30. The molecule has 2 aliphatic heterocycles. The van der Waals surface area contributed by atoms with Gasteiger partial charge >= 0.3 is 0 Å². The molecule has 3 heterocycles. The highest BCUT2D eigenvalue weighted by molar-refractivity contribution is 6.46. The van der Waals surface area contributed by atoms with Gasteiger partial charge in [-0.15, -0.1) is 0 Å². The van der Waals surface area contributed by atoms with Crippen molar-refractivity contribution in [3.63, 3.8) is 0 Å². The molecule has 0 saturated carbocycles. The summed E-state index contributed by atoms with van der Waals surface area (Å²) in [7, 11) is 3.04. The van der Waals surface area contributed by atoms with Crippen LogP contribution in [0.4, 0.5) is 0 Å². The minimum absolute atomic E-state index is 0.0598. The molecule has 1 atom stereocenters. The number of quaternary nitrogens is 1. The Balaban J connectivity index is 1.77. The highest BCUT2D eigenvalue weighted by Crippen LogP contribution is 2.41. The molecule has 0 radical (unpaired) electrons. The number of morpholine rings is 1. The topological polar surface area (TPSA) is 105 Å². The van der Waals surface area contributed by atoms with E-state index in [2.05, 4.69) is 4.98 Å². The van der Waals surface area contributed by atoms with E-state index in [1.807, 2.05) is 0 Å². The molecule has 0 spiro atoms. The maximum atomic E-state index is 13.4. The van der Waals surface area contributed by atoms with E-state index in [0.717, 1.165) is 13.1 Å². The summed E-state index contributed by atoms with van der Waals surface area (Å²) in [5, 5.41) is 13.4. The van der Waals surface area contributed by atoms with Gasteiger partial charge in [0.15, 0.2) is 11.5 Å². The number of amides is 1. The summed E-state index contributed by atoms with van der Waals surface area (Å²) >= 11 is 0. The Morgan fingerprint density at radius 2 is 1.82 bits per heavy atom. The minimum atomic E-state index is -0.814. The zero-order chi connectivity index (χ0) is 23.4. The second-order valence-corrected chi connectivity index (χ2v) is 7.94. The largest absolute Gasteiger partial charge is 0.872 e. The summed E-state index contributed by atoms with van der Waals surface area (Å²) in [5.74, 6) is -0.940. The first-order valence-electron chi connectivity index (χ1n) is 10.8. The van der Waals surface area contributed by atoms with E-state index < -0.39 is 23.5 Å². The molecule has 1 aromatic carbocycles. The molecule has 1 amide bonds. The van der Waals surface area contributed by atoms with Gasteiger partial charge in [-0.1, -0.05) is 11.8 Å². The van der Waals surface area contributed by atoms with Crippen LogP contribution in [0.1, 0.15) is 17.2 Å². The number of ketones is 1. The fourth-order valence-corrected chi connectivity index (χ4v) is 4.32. The number of ether oxygens (including phenoxy) is 3. The van der Waals surface area contributed by atoms with Crippen molar-refractivity contribution in [2.24, 2.45) is 0 Å². The van der Waals surface area contributed by atoms with Crippen LogP contribution in [0.15, 0.2) is 48.3 Å². The highest BCUT2D eigenvalue weighted by atomic mass is 16.5. The van der Waals surface area contributed by atoms with Gasteiger partial charge in [0.05, 0.1) is 46.6 Å². The second-order valence-electron chi connectivity index (χ2n) is 7.94. The number of carbonyl (C=O) groups excluding carboxylic acids is 2. The van der Waals surface area contributed by atoms with Gasteiger partial charge in [0, 0.05) is 18.0 Å². The molecular formula is C24H27N3O6. The molecule has 4 rings (SSSR count). The number of carbonyl (C=O) groups is 2. The number of Topliss-reactive ketones (excluding diaryl/α,β-unsaturated/α-hetero) is 1. The normalized spacial score (nSPS) is 20.8. The van der Waals surface area contributed by atoms with Gasteiger partial charge in [-0.3, -0.25) is 14.6 Å². The third kappa shape index (κ3) is 4.55. The SMILES string of the molecule is COc1ccc(C2C(=C([O-])c3ccncc3)C(=O)C(=O)N2CC[NH+]2CCOCC2)cc1OC. The van der Waals surface area contributed by atoms with E-state index in [9.17, 15) is 14.7 Å². The fraction of sp³-hybridized carbons (Fsp3) is 0.375. The number of hydrogen-bond acceptors (Lipinski definition) is 7. The van der Waals surface area contributed by atoms with E-state index in [1.165, 1.54) is 36.4 Å². The average molecular weight is 453 g/mol. The number of nitrogens with zero attached hydrogens (tertiary/aromatic N) is 2. The van der Waals surface area contributed by atoms with Gasteiger partial charge in [0.25, 0.3) is 5.91 Å². The van der Waals surface area contributed by atoms with Crippen molar-refractivity contribution in [1.82, 2.24) is 9.88 Å². The maximum Gasteiger partial charge on any atom is 0.295 e. The van der Waals surface area contributed by atoms with Gasteiger partial charge in [-0.25, -0.2) is 0 Å². The molecule has 33 heavy (non-hydrogen) atoms. The number of pyridine rings is 1. The molecule has 174 valence electrons. The maximum absolute atomic E-state index is 13.4. The molecule has 1 unspecified atom stereocenters. The molecule has 0 bridgehead atoms. The Hall–Kier alpha value is -3.43. The molecule has 1 aromatic heterocycles. The van der Waals surface area contributed by atoms with Crippen molar-refractivity contribution < 1.29 is 33.8 Å². The Morgan fingerprint density at radius 1 is 1.12 bits per heavy atom. The Kier molecular flexibility index (Phi) is 6.90. The van der Waals surface area contributed by atoms with Crippen LogP contribution >= 0.6 is 0 Å². The Bertz CT molecular complexity index is 1050. The number of nitrogens with one attached hydrogen (secondary N) is 1. The number of methoxy groups -OCH3 is 2. The van der Waals surface area contributed by atoms with Gasteiger partial charge in [-0.05, 0) is 35.4 Å². The van der Waals surface area contributed by atoms with Crippen molar-refractivity contribution in [1.29, 1.82) is 0 Å². The van der Waals surface area contributed by atoms with Gasteiger partial charge < -0.3 is 29.1 Å². The predicted molar refractivity (Wildman–Crippen MR) is 117 cm³/mol. The van der Waals surface area contributed by atoms with Crippen LogP contribution in [0.5, 0.6) is 11.5 Å². The molecule has 2 aliphatic rings. The summed E-state index contributed by atoms with van der Waals surface area (Å²) in [6.07, 6.45) is 2.97. The number of likely N-dealkylation sites (tertiary alicyclic amines) is 1. The first-order chi connectivity index (χ1) is 16.0. The van der Waals surface area contributed by atoms with E-state index in [0.29, 0.717) is 48.9 Å². The number of benzene rings is 1. The number of aromatic nitrogens is 1. The monoisotopic (exact) mass is 453 g/mol. The lowest BCUT2D eigenvalue weighted by molar-refractivity contribution is -0.907. The van der Waals surface area contributed by atoms with Gasteiger partial charge in [0.2, 0.25) is 5.78 Å². The quantitative estimate of drug-likeness (QED) is 0.334. The lowest BCUT2D eigenvalue weighted by atomic mass is 9.95. The third-order valence-corrected chi connectivity index (χ3v) is 6.10. The molecule has 0 aliphatic carbocycles. The van der Waals surface area contributed by atoms with Crippen LogP contribution in [0, 0.1) is 0 Å². The smallest absolute Gasteiger partial charge is 0.295 e. The van der Waals surface area contributed by atoms with E-state index in [1.54, 1.807) is 30.3 Å². The van der Waals surface area contributed by atoms with Crippen LogP contribution in [0.3, 0.4) is 0 Å². The van der Waals surface area contributed by atoms with Gasteiger partial charge in [-0.2, -0.15) is 0 Å². The molecule has 9 heteroatoms. The Labute approximate surface area is 192 Å². The van der Waals surface area contributed by atoms with Crippen molar-refractivity contribution >= 4 is 17.4 Å². The second kappa shape index (κ2) is 10.0. The third-order valence-electron chi connectivity index (χ3n) is 6.10. The van der Waals surface area contributed by atoms with E-state index >= 15 is 0 Å². The van der Waals surface area contributed by atoms with Gasteiger partial charge in [0.1, 0.15) is 13.1 Å². The molecule has 9 nitrogen and oxygen atoms in total. The van der Waals surface area contributed by atoms with Crippen molar-refractivity contribution in [2.75, 3.05) is 53.6 Å². The van der Waals surface area contributed by atoms with Crippen LogP contribution in [0.25, 0.3) is 5.76 Å². The zero-order valence-electron chi connectivity index (χ0n) is 18.7. The first-order valence-corrected chi connectivity index (χ1v) is 10.8. The summed E-state index contributed by atoms with van der Waals surface area (Å²) in [5.41, 5.74) is 0.865. The molecule has 2 fully saturated rings. The van der Waals surface area contributed by atoms with Crippen molar-refractivity contribution in [3.05, 3.63) is 59.4 Å². The first kappa shape index (κ1) is 22.8. The summed E-state index contributed by atoms with van der Waals surface area (Å²) in [6, 6.07) is 7.45. The fourth-order valence-electron chi connectivity index (χ4n) is 4.32. The molecular weight excluding hydrogens is 426 g/mol. The number of hydrogen-bond donors (Lipinski definition) is 1. The molecule has 2 aromatic rings. The predicted octanol–water partition coefficient (Wildman–Crippen LogP) is -0.762. The Morgan fingerprint density at radius 3 is 2.48 bits per heavy atom. The van der Waals surface area contributed by atoms with Crippen LogP contribution in [0.2, 0.25) is 0 Å². The number of rotatable bonds is 7.